The van der Waals surface area contributed by atoms with Crippen LogP contribution in [0.25, 0.3) is 0 Å². The van der Waals surface area contributed by atoms with E-state index in [2.05, 4.69) is 63.8 Å². The van der Waals surface area contributed by atoms with Gasteiger partial charge in [0.1, 0.15) is 5.75 Å². The number of anilines is 1. The molecule has 0 aromatic heterocycles. The minimum atomic E-state index is 0.230. The normalized spacial score (nSPS) is 15.8. The lowest BCUT2D eigenvalue weighted by atomic mass is 10.0. The van der Waals surface area contributed by atoms with Crippen molar-refractivity contribution < 1.29 is 9.47 Å². The van der Waals surface area contributed by atoms with Crippen LogP contribution in [0, 0.1) is 0 Å². The van der Waals surface area contributed by atoms with Gasteiger partial charge in [0.15, 0.2) is 5.96 Å². The van der Waals surface area contributed by atoms with Crippen LogP contribution in [0.2, 0.25) is 0 Å². The SMILES string of the molecule is CCNC(=NCc1ccc(N(C)C)cc1)NCC(c1ccc(OC)cc1)N1CCOCC1. The number of aliphatic imine (C=N–C) groups is 1. The molecule has 1 heterocycles. The summed E-state index contributed by atoms with van der Waals surface area (Å²) >= 11 is 0. The summed E-state index contributed by atoms with van der Waals surface area (Å²) in [7, 11) is 5.80. The Balaban J connectivity index is 1.69. The third-order valence-corrected chi connectivity index (χ3v) is 5.67. The van der Waals surface area contributed by atoms with E-state index in [9.17, 15) is 0 Å². The number of hydrogen-bond donors (Lipinski definition) is 2. The molecule has 174 valence electrons. The third-order valence-electron chi connectivity index (χ3n) is 5.67. The van der Waals surface area contributed by atoms with E-state index >= 15 is 0 Å². The van der Waals surface area contributed by atoms with Gasteiger partial charge >= 0.3 is 0 Å². The lowest BCUT2D eigenvalue weighted by Gasteiger charge is -2.35. The smallest absolute Gasteiger partial charge is 0.191 e. The second-order valence-corrected chi connectivity index (χ2v) is 8.07. The predicted octanol–water partition coefficient (Wildman–Crippen LogP) is 2.89. The molecule has 32 heavy (non-hydrogen) atoms. The predicted molar refractivity (Wildman–Crippen MR) is 132 cm³/mol. The van der Waals surface area contributed by atoms with Crippen molar-refractivity contribution in [3.05, 3.63) is 59.7 Å². The molecule has 2 aromatic rings. The molecule has 1 fully saturated rings. The molecule has 2 N–H and O–H groups in total. The molecule has 0 saturated carbocycles. The number of nitrogens with one attached hydrogen (secondary N) is 2. The van der Waals surface area contributed by atoms with Gasteiger partial charge in [-0.15, -0.1) is 0 Å². The maximum atomic E-state index is 5.58. The zero-order valence-electron chi connectivity index (χ0n) is 19.8. The van der Waals surface area contributed by atoms with Crippen molar-refractivity contribution in [3.8, 4) is 5.75 Å². The van der Waals surface area contributed by atoms with Crippen LogP contribution in [-0.2, 0) is 11.3 Å². The minimum Gasteiger partial charge on any atom is -0.497 e. The van der Waals surface area contributed by atoms with Crippen LogP contribution < -0.4 is 20.3 Å². The van der Waals surface area contributed by atoms with Gasteiger partial charge < -0.3 is 25.0 Å². The van der Waals surface area contributed by atoms with Crippen LogP contribution >= 0.6 is 0 Å². The largest absolute Gasteiger partial charge is 0.497 e. The molecule has 7 nitrogen and oxygen atoms in total. The van der Waals surface area contributed by atoms with Crippen LogP contribution in [0.1, 0.15) is 24.1 Å². The molecule has 0 aliphatic carbocycles. The standard InChI is InChI=1S/C25H37N5O2/c1-5-26-25(27-18-20-6-10-22(11-7-20)29(2)3)28-19-24(30-14-16-32-17-15-30)21-8-12-23(31-4)13-9-21/h6-13,24H,5,14-19H2,1-4H3,(H2,26,27,28). The average Bonchev–Trinajstić information content (AvgIpc) is 2.84. The summed E-state index contributed by atoms with van der Waals surface area (Å²) in [5.41, 5.74) is 3.64. The summed E-state index contributed by atoms with van der Waals surface area (Å²) in [4.78, 5) is 9.39. The fourth-order valence-electron chi connectivity index (χ4n) is 3.78. The second kappa shape index (κ2) is 12.3. The Morgan fingerprint density at radius 2 is 1.75 bits per heavy atom. The summed E-state index contributed by atoms with van der Waals surface area (Å²) in [5, 5.41) is 6.94. The molecule has 1 aliphatic heterocycles. The van der Waals surface area contributed by atoms with Crippen molar-refractivity contribution >= 4 is 11.6 Å². The summed E-state index contributed by atoms with van der Waals surface area (Å²) in [5.74, 6) is 1.70. The molecule has 7 heteroatoms. The molecular formula is C25H37N5O2. The Hall–Kier alpha value is -2.77. The van der Waals surface area contributed by atoms with E-state index in [0.717, 1.165) is 51.1 Å². The molecule has 1 aliphatic rings. The highest BCUT2D eigenvalue weighted by atomic mass is 16.5. The van der Waals surface area contributed by atoms with Gasteiger partial charge in [-0.3, -0.25) is 4.90 Å². The van der Waals surface area contributed by atoms with E-state index in [4.69, 9.17) is 14.5 Å². The number of methoxy groups -OCH3 is 1. The van der Waals surface area contributed by atoms with E-state index in [1.54, 1.807) is 7.11 Å². The fourth-order valence-corrected chi connectivity index (χ4v) is 3.78. The Kier molecular flexibility index (Phi) is 9.19. The molecule has 0 spiro atoms. The Labute approximate surface area is 192 Å². The van der Waals surface area contributed by atoms with Gasteiger partial charge in [0, 0.05) is 46.0 Å². The van der Waals surface area contributed by atoms with Crippen molar-refractivity contribution in [1.29, 1.82) is 0 Å². The molecule has 3 rings (SSSR count). The topological polar surface area (TPSA) is 61.4 Å². The highest BCUT2D eigenvalue weighted by Crippen LogP contribution is 2.23. The van der Waals surface area contributed by atoms with Gasteiger partial charge in [-0.05, 0) is 42.3 Å². The Morgan fingerprint density at radius 1 is 1.06 bits per heavy atom. The van der Waals surface area contributed by atoms with E-state index in [1.807, 2.05) is 26.2 Å². The fraction of sp³-hybridized carbons (Fsp3) is 0.480. The van der Waals surface area contributed by atoms with Crippen molar-refractivity contribution in [3.63, 3.8) is 0 Å². The molecule has 1 atom stereocenters. The van der Waals surface area contributed by atoms with Crippen LogP contribution in [0.3, 0.4) is 0 Å². The first-order chi connectivity index (χ1) is 15.6. The van der Waals surface area contributed by atoms with Crippen molar-refractivity contribution in [2.45, 2.75) is 19.5 Å². The molecule has 0 bridgehead atoms. The molecule has 0 amide bonds. The zero-order chi connectivity index (χ0) is 22.8. The van der Waals surface area contributed by atoms with Gasteiger partial charge in [0.2, 0.25) is 0 Å². The lowest BCUT2D eigenvalue weighted by molar-refractivity contribution is 0.0170. The number of ether oxygens (including phenoxy) is 2. The van der Waals surface area contributed by atoms with Crippen LogP contribution in [-0.4, -0.2) is 71.5 Å². The number of morpholine rings is 1. The summed E-state index contributed by atoms with van der Waals surface area (Å²) < 4.78 is 10.9. The van der Waals surface area contributed by atoms with Crippen LogP contribution in [0.4, 0.5) is 5.69 Å². The lowest BCUT2D eigenvalue weighted by Crippen LogP contribution is -2.46. The van der Waals surface area contributed by atoms with Gasteiger partial charge in [-0.1, -0.05) is 24.3 Å². The van der Waals surface area contributed by atoms with Crippen LogP contribution in [0.15, 0.2) is 53.5 Å². The molecule has 1 saturated heterocycles. The van der Waals surface area contributed by atoms with Gasteiger partial charge in [-0.25, -0.2) is 4.99 Å². The van der Waals surface area contributed by atoms with E-state index < -0.39 is 0 Å². The monoisotopic (exact) mass is 439 g/mol. The van der Waals surface area contributed by atoms with E-state index in [1.165, 1.54) is 16.8 Å². The molecule has 0 radical (unpaired) electrons. The van der Waals surface area contributed by atoms with Crippen molar-refractivity contribution in [2.75, 3.05) is 65.5 Å². The number of hydrogen-bond acceptors (Lipinski definition) is 5. The summed E-state index contributed by atoms with van der Waals surface area (Å²) in [6.45, 7) is 7.68. The first-order valence-electron chi connectivity index (χ1n) is 11.3. The van der Waals surface area contributed by atoms with E-state index in [-0.39, 0.29) is 6.04 Å². The Morgan fingerprint density at radius 3 is 2.34 bits per heavy atom. The van der Waals surface area contributed by atoms with Gasteiger partial charge in [-0.2, -0.15) is 0 Å². The molecule has 1 unspecified atom stereocenters. The first kappa shape index (κ1) is 23.9. The zero-order valence-corrected chi connectivity index (χ0v) is 19.8. The number of rotatable bonds is 9. The maximum Gasteiger partial charge on any atom is 0.191 e. The number of guanidine groups is 1. The maximum absolute atomic E-state index is 5.58. The molecular weight excluding hydrogens is 402 g/mol. The summed E-state index contributed by atoms with van der Waals surface area (Å²) in [6, 6.07) is 17.1. The minimum absolute atomic E-state index is 0.230. The summed E-state index contributed by atoms with van der Waals surface area (Å²) in [6.07, 6.45) is 0. The first-order valence-corrected chi connectivity index (χ1v) is 11.3. The number of nitrogens with zero attached hydrogens (tertiary/aromatic N) is 3. The molecule has 2 aromatic carbocycles. The average molecular weight is 440 g/mol. The van der Waals surface area contributed by atoms with Gasteiger partial charge in [0.25, 0.3) is 0 Å². The highest BCUT2D eigenvalue weighted by Gasteiger charge is 2.23. The van der Waals surface area contributed by atoms with Crippen molar-refractivity contribution in [2.24, 2.45) is 4.99 Å². The highest BCUT2D eigenvalue weighted by molar-refractivity contribution is 5.79. The third kappa shape index (κ3) is 6.87. The number of benzene rings is 2. The van der Waals surface area contributed by atoms with Crippen molar-refractivity contribution in [1.82, 2.24) is 15.5 Å². The van der Waals surface area contributed by atoms with E-state index in [0.29, 0.717) is 6.54 Å². The second-order valence-electron chi connectivity index (χ2n) is 8.07. The van der Waals surface area contributed by atoms with Gasteiger partial charge in [0.05, 0.1) is 32.9 Å². The quantitative estimate of drug-likeness (QED) is 0.463. The van der Waals surface area contributed by atoms with Crippen LogP contribution in [0.5, 0.6) is 5.75 Å². The Bertz CT molecular complexity index is 830.